The standard InChI is InChI=1S/C18H19ClO5S2/c1-25-18(5-6-18)10-7-14(20)16(15(21)8-10)17(22)12-4-3-11(9-13(12)19)26(2,23)24/h3-4,9-10,16H,5-8H2,1-2H3. The van der Waals surface area contributed by atoms with E-state index in [2.05, 4.69) is 0 Å². The van der Waals surface area contributed by atoms with Crippen LogP contribution in [0.5, 0.6) is 0 Å². The summed E-state index contributed by atoms with van der Waals surface area (Å²) in [6.45, 7) is 0. The first-order chi connectivity index (χ1) is 12.1. The Morgan fingerprint density at radius 3 is 2.19 bits per heavy atom. The van der Waals surface area contributed by atoms with Crippen molar-refractivity contribution < 1.29 is 22.8 Å². The molecule has 0 saturated heterocycles. The van der Waals surface area contributed by atoms with Crippen molar-refractivity contribution in [1.82, 2.24) is 0 Å². The quantitative estimate of drug-likeness (QED) is 0.543. The molecule has 5 nitrogen and oxygen atoms in total. The van der Waals surface area contributed by atoms with E-state index in [1.54, 1.807) is 11.8 Å². The van der Waals surface area contributed by atoms with Gasteiger partial charge in [-0.1, -0.05) is 11.6 Å². The van der Waals surface area contributed by atoms with Crippen molar-refractivity contribution in [2.24, 2.45) is 11.8 Å². The molecule has 2 aliphatic carbocycles. The Balaban J connectivity index is 1.84. The van der Waals surface area contributed by atoms with Crippen LogP contribution in [0.1, 0.15) is 36.0 Å². The van der Waals surface area contributed by atoms with E-state index in [0.29, 0.717) is 0 Å². The Labute approximate surface area is 161 Å². The highest BCUT2D eigenvalue weighted by Gasteiger charge is 2.54. The van der Waals surface area contributed by atoms with Crippen molar-refractivity contribution in [3.05, 3.63) is 28.8 Å². The second kappa shape index (κ2) is 6.77. The first-order valence-corrected chi connectivity index (χ1v) is 11.7. The molecule has 1 aromatic carbocycles. The van der Waals surface area contributed by atoms with E-state index < -0.39 is 21.5 Å². The zero-order chi connectivity index (χ0) is 19.3. The predicted molar refractivity (Wildman–Crippen MR) is 101 cm³/mol. The minimum absolute atomic E-state index is 0.00805. The van der Waals surface area contributed by atoms with Gasteiger partial charge in [-0.05, 0) is 43.2 Å². The summed E-state index contributed by atoms with van der Waals surface area (Å²) in [5.74, 6) is -2.70. The normalized spacial score (nSPS) is 25.2. The first kappa shape index (κ1) is 19.6. The van der Waals surface area contributed by atoms with Gasteiger partial charge in [0.1, 0.15) is 5.92 Å². The Hall–Kier alpha value is -1.18. The van der Waals surface area contributed by atoms with E-state index in [4.69, 9.17) is 11.6 Å². The number of thioether (sulfide) groups is 1. The Morgan fingerprint density at radius 1 is 1.19 bits per heavy atom. The number of carbonyl (C=O) groups is 3. The third-order valence-electron chi connectivity index (χ3n) is 5.33. The summed E-state index contributed by atoms with van der Waals surface area (Å²) in [5.41, 5.74) is 0.00946. The number of carbonyl (C=O) groups excluding carboxylic acids is 3. The number of ketones is 3. The van der Waals surface area contributed by atoms with Gasteiger partial charge in [-0.3, -0.25) is 14.4 Å². The number of halogens is 1. The van der Waals surface area contributed by atoms with Gasteiger partial charge in [0.2, 0.25) is 0 Å². The Bertz CT molecular complexity index is 884. The van der Waals surface area contributed by atoms with Gasteiger partial charge in [-0.25, -0.2) is 8.42 Å². The molecule has 0 amide bonds. The second-order valence-electron chi connectivity index (χ2n) is 7.02. The third kappa shape index (κ3) is 3.49. The highest BCUT2D eigenvalue weighted by atomic mass is 35.5. The summed E-state index contributed by atoms with van der Waals surface area (Å²) in [6.07, 6.45) is 5.47. The van der Waals surface area contributed by atoms with Crippen LogP contribution >= 0.6 is 23.4 Å². The Kier molecular flexibility index (Phi) is 5.09. The van der Waals surface area contributed by atoms with Gasteiger partial charge < -0.3 is 0 Å². The maximum atomic E-state index is 12.8. The fourth-order valence-corrected chi connectivity index (χ4v) is 5.62. The maximum Gasteiger partial charge on any atom is 0.182 e. The van der Waals surface area contributed by atoms with Gasteiger partial charge in [0, 0.05) is 29.4 Å². The van der Waals surface area contributed by atoms with Crippen molar-refractivity contribution in [2.75, 3.05) is 12.5 Å². The maximum absolute atomic E-state index is 12.8. The molecule has 0 spiro atoms. The number of sulfone groups is 1. The summed E-state index contributed by atoms with van der Waals surface area (Å²) in [5, 5.41) is -0.0663. The molecule has 2 fully saturated rings. The second-order valence-corrected chi connectivity index (χ2v) is 10.7. The van der Waals surface area contributed by atoms with Crippen LogP contribution in [0.4, 0.5) is 0 Å². The molecule has 26 heavy (non-hydrogen) atoms. The van der Waals surface area contributed by atoms with E-state index >= 15 is 0 Å². The lowest BCUT2D eigenvalue weighted by molar-refractivity contribution is -0.135. The molecule has 2 saturated carbocycles. The summed E-state index contributed by atoms with van der Waals surface area (Å²) in [7, 11) is -3.47. The highest BCUT2D eigenvalue weighted by Crippen LogP contribution is 2.56. The average Bonchev–Trinajstić information content (AvgIpc) is 3.34. The third-order valence-corrected chi connectivity index (χ3v) is 8.31. The molecule has 140 valence electrons. The van der Waals surface area contributed by atoms with Gasteiger partial charge in [-0.15, -0.1) is 0 Å². The van der Waals surface area contributed by atoms with Gasteiger partial charge in [0.05, 0.1) is 9.92 Å². The zero-order valence-electron chi connectivity index (χ0n) is 14.5. The molecule has 0 aliphatic heterocycles. The monoisotopic (exact) mass is 414 g/mol. The van der Waals surface area contributed by atoms with E-state index in [-0.39, 0.29) is 50.6 Å². The van der Waals surface area contributed by atoms with Crippen LogP contribution in [-0.2, 0) is 19.4 Å². The molecule has 0 atom stereocenters. The molecule has 0 N–H and O–H groups in total. The number of hydrogen-bond donors (Lipinski definition) is 0. The van der Waals surface area contributed by atoms with Crippen LogP contribution in [0, 0.1) is 11.8 Å². The fourth-order valence-electron chi connectivity index (χ4n) is 3.62. The molecule has 3 rings (SSSR count). The van der Waals surface area contributed by atoms with Gasteiger partial charge in [0.25, 0.3) is 0 Å². The summed E-state index contributed by atoms with van der Waals surface area (Å²) < 4.78 is 23.2. The van der Waals surface area contributed by atoms with Crippen molar-refractivity contribution in [3.63, 3.8) is 0 Å². The molecule has 0 bridgehead atoms. The topological polar surface area (TPSA) is 85.3 Å². The van der Waals surface area contributed by atoms with Gasteiger partial charge >= 0.3 is 0 Å². The molecule has 0 radical (unpaired) electrons. The lowest BCUT2D eigenvalue weighted by atomic mass is 9.75. The van der Waals surface area contributed by atoms with Crippen molar-refractivity contribution >= 4 is 50.5 Å². The predicted octanol–water partition coefficient (Wildman–Crippen LogP) is 2.99. The lowest BCUT2D eigenvalue weighted by Gasteiger charge is -2.31. The number of rotatable bonds is 5. The molecule has 8 heteroatoms. The van der Waals surface area contributed by atoms with Gasteiger partial charge in [0.15, 0.2) is 27.2 Å². The van der Waals surface area contributed by atoms with Gasteiger partial charge in [-0.2, -0.15) is 11.8 Å². The zero-order valence-corrected chi connectivity index (χ0v) is 16.8. The minimum atomic E-state index is -3.47. The highest BCUT2D eigenvalue weighted by molar-refractivity contribution is 8.00. The van der Waals surface area contributed by atoms with E-state index in [1.165, 1.54) is 18.2 Å². The SMILES string of the molecule is CSC1(C2CC(=O)C(C(=O)c3ccc(S(C)(=O)=O)cc3Cl)C(=O)C2)CC1. The van der Waals surface area contributed by atoms with E-state index in [0.717, 1.165) is 19.1 Å². The van der Waals surface area contributed by atoms with Crippen LogP contribution < -0.4 is 0 Å². The van der Waals surface area contributed by atoms with Crippen LogP contribution in [0.15, 0.2) is 23.1 Å². The lowest BCUT2D eigenvalue weighted by Crippen LogP contribution is -2.42. The van der Waals surface area contributed by atoms with Crippen molar-refractivity contribution in [3.8, 4) is 0 Å². The number of benzene rings is 1. The molecule has 0 unspecified atom stereocenters. The first-order valence-electron chi connectivity index (χ1n) is 8.23. The average molecular weight is 415 g/mol. The largest absolute Gasteiger partial charge is 0.298 e. The van der Waals surface area contributed by atoms with Crippen molar-refractivity contribution in [1.29, 1.82) is 0 Å². The molecule has 0 aromatic heterocycles. The van der Waals surface area contributed by atoms with Crippen molar-refractivity contribution in [2.45, 2.75) is 35.3 Å². The molecule has 2 aliphatic rings. The molecular weight excluding hydrogens is 396 g/mol. The van der Waals surface area contributed by atoms with Crippen LogP contribution in [0.3, 0.4) is 0 Å². The number of hydrogen-bond acceptors (Lipinski definition) is 6. The molecule has 1 aromatic rings. The fraction of sp³-hybridized carbons (Fsp3) is 0.500. The summed E-state index contributed by atoms with van der Waals surface area (Å²) in [4.78, 5) is 37.9. The van der Waals surface area contributed by atoms with Crippen LogP contribution in [0.2, 0.25) is 5.02 Å². The Morgan fingerprint density at radius 2 is 1.77 bits per heavy atom. The molecule has 0 heterocycles. The minimum Gasteiger partial charge on any atom is -0.298 e. The van der Waals surface area contributed by atoms with E-state index in [9.17, 15) is 22.8 Å². The van der Waals surface area contributed by atoms with E-state index in [1.807, 2.05) is 6.26 Å². The summed E-state index contributed by atoms with van der Waals surface area (Å²) >= 11 is 7.76. The van der Waals surface area contributed by atoms with Crippen LogP contribution in [-0.4, -0.2) is 43.0 Å². The molecular formula is C18H19ClO5S2. The van der Waals surface area contributed by atoms with Crippen LogP contribution in [0.25, 0.3) is 0 Å². The number of Topliss-reactive ketones (excluding diaryl/α,β-unsaturated/α-hetero) is 3. The smallest absolute Gasteiger partial charge is 0.182 e. The summed E-state index contributed by atoms with van der Waals surface area (Å²) in [6, 6.07) is 3.72.